The van der Waals surface area contributed by atoms with Gasteiger partial charge in [-0.3, -0.25) is 18.8 Å². The first kappa shape index (κ1) is 29.7. The number of carbonyl (C=O) groups is 2. The van der Waals surface area contributed by atoms with Crippen LogP contribution in [0.4, 0.5) is 10.4 Å². The lowest BCUT2D eigenvalue weighted by molar-refractivity contribution is 0.0652. The maximum Gasteiger partial charge on any atom is 0.292 e. The van der Waals surface area contributed by atoms with Crippen molar-refractivity contribution in [1.29, 1.82) is 0 Å². The molecule has 2 atom stereocenters. The van der Waals surface area contributed by atoms with Crippen LogP contribution < -0.4 is 11.3 Å². The van der Waals surface area contributed by atoms with Crippen molar-refractivity contribution in [2.45, 2.75) is 31.3 Å². The Hall–Kier alpha value is -6.37. The molecule has 2 fully saturated rings. The lowest BCUT2D eigenvalue weighted by atomic mass is 9.99. The number of H-pyrrole nitrogens is 1. The molecule has 13 heteroatoms. The van der Waals surface area contributed by atoms with Crippen LogP contribution in [0.25, 0.3) is 38.6 Å². The summed E-state index contributed by atoms with van der Waals surface area (Å²) in [5.74, 6) is -1.20. The Balaban J connectivity index is 0.952. The van der Waals surface area contributed by atoms with Crippen molar-refractivity contribution in [3.63, 3.8) is 0 Å². The third kappa shape index (κ3) is 4.88. The summed E-state index contributed by atoms with van der Waals surface area (Å²) < 4.78 is 22.4. The van der Waals surface area contributed by atoms with E-state index in [1.807, 2.05) is 53.6 Å². The van der Waals surface area contributed by atoms with Crippen LogP contribution in [0.5, 0.6) is 0 Å². The highest BCUT2D eigenvalue weighted by Crippen LogP contribution is 2.33. The highest BCUT2D eigenvalue weighted by atomic mass is 19.1. The molecule has 0 aliphatic carbocycles. The number of nitrogens with two attached hydrogens (primary N) is 1. The molecule has 50 heavy (non-hydrogen) atoms. The first-order chi connectivity index (χ1) is 24.3. The molecule has 0 spiro atoms. The molecule has 12 nitrogen and oxygen atoms in total. The number of benzene rings is 3. The van der Waals surface area contributed by atoms with Gasteiger partial charge in [0.2, 0.25) is 0 Å². The summed E-state index contributed by atoms with van der Waals surface area (Å²) in [4.78, 5) is 52.4. The molecule has 4 aromatic heterocycles. The predicted octanol–water partition coefficient (Wildman–Crippen LogP) is 4.82. The van der Waals surface area contributed by atoms with Crippen molar-refractivity contribution < 1.29 is 18.4 Å². The van der Waals surface area contributed by atoms with Crippen molar-refractivity contribution >= 4 is 45.3 Å². The number of anilines is 1. The standard InChI is InChI=1S/C37H29FN8O4/c38-28-8-5-20(14-29-25-3-1-2-4-26(25)34(47)43-42-29)13-27(28)35(48)44-12-11-23-16-24(44)19-45(23)36(49)31-17-40-33-10-7-22(18-46(31)33)21-6-9-32-30(15-21)41-37(39)50-32/h1-10,13,15,17-18,23-24H,11-12,14,16,19H2,(H2,39,41)(H,43,47). The fraction of sp³-hybridized carbons (Fsp3) is 0.189. The zero-order valence-electron chi connectivity index (χ0n) is 26.5. The van der Waals surface area contributed by atoms with Gasteiger partial charge in [0.25, 0.3) is 23.4 Å². The summed E-state index contributed by atoms with van der Waals surface area (Å²) in [6.45, 7) is 0.737. The number of hydrogen-bond donors (Lipinski definition) is 2. The van der Waals surface area contributed by atoms with Crippen molar-refractivity contribution in [2.75, 3.05) is 18.8 Å². The number of likely N-dealkylation sites (tertiary alicyclic amines) is 2. The minimum Gasteiger partial charge on any atom is -0.424 e. The molecule has 9 rings (SSSR count). The Morgan fingerprint density at radius 1 is 0.960 bits per heavy atom. The number of rotatable bonds is 5. The number of halogens is 1. The average Bonchev–Trinajstić information content (AvgIpc) is 3.83. The van der Waals surface area contributed by atoms with E-state index in [9.17, 15) is 14.4 Å². The molecule has 2 aliphatic rings. The normalized spacial score (nSPS) is 17.3. The number of amides is 2. The van der Waals surface area contributed by atoms with Crippen LogP contribution in [0.2, 0.25) is 0 Å². The number of fused-ring (bicyclic) bond motifs is 5. The maximum atomic E-state index is 15.2. The van der Waals surface area contributed by atoms with E-state index in [0.29, 0.717) is 76.8 Å². The number of imidazole rings is 1. The number of aromatic amines is 1. The lowest BCUT2D eigenvalue weighted by Gasteiger charge is -2.32. The highest BCUT2D eigenvalue weighted by Gasteiger charge is 2.44. The third-order valence-corrected chi connectivity index (χ3v) is 9.93. The molecule has 248 valence electrons. The number of nitrogen functional groups attached to an aromatic ring is 1. The van der Waals surface area contributed by atoms with Crippen LogP contribution in [0.15, 0.2) is 94.4 Å². The quantitative estimate of drug-likeness (QED) is 0.265. The Morgan fingerprint density at radius 2 is 1.80 bits per heavy atom. The second-order valence-corrected chi connectivity index (χ2v) is 12.8. The van der Waals surface area contributed by atoms with Gasteiger partial charge in [-0.15, -0.1) is 0 Å². The zero-order chi connectivity index (χ0) is 34.1. The van der Waals surface area contributed by atoms with Gasteiger partial charge in [-0.25, -0.2) is 14.5 Å². The SMILES string of the molecule is Nc1nc2cc(-c3ccc4ncc(C(=O)N5CC6CC5CCN6C(=O)c5cc(Cc6n[nH]c(=O)c7ccccc67)ccc5F)n4c3)ccc2o1. The van der Waals surface area contributed by atoms with Gasteiger partial charge < -0.3 is 20.0 Å². The van der Waals surface area contributed by atoms with E-state index in [0.717, 1.165) is 11.1 Å². The average molecular weight is 669 g/mol. The van der Waals surface area contributed by atoms with Gasteiger partial charge in [0.1, 0.15) is 22.7 Å². The molecule has 0 radical (unpaired) electrons. The molecule has 3 aromatic carbocycles. The van der Waals surface area contributed by atoms with Crippen LogP contribution in [-0.4, -0.2) is 71.4 Å². The lowest BCUT2D eigenvalue weighted by Crippen LogP contribution is -2.44. The number of nitrogens with one attached hydrogen (secondary N) is 1. The zero-order valence-corrected chi connectivity index (χ0v) is 26.5. The number of oxazole rings is 1. The first-order valence-electron chi connectivity index (χ1n) is 16.3. The van der Waals surface area contributed by atoms with E-state index in [4.69, 9.17) is 10.2 Å². The molecule has 2 bridgehead atoms. The van der Waals surface area contributed by atoms with E-state index in [1.54, 1.807) is 39.8 Å². The number of aromatic nitrogens is 5. The van der Waals surface area contributed by atoms with Gasteiger partial charge in [-0.05, 0) is 72.0 Å². The molecule has 2 aliphatic heterocycles. The highest BCUT2D eigenvalue weighted by molar-refractivity contribution is 5.96. The van der Waals surface area contributed by atoms with Crippen LogP contribution in [-0.2, 0) is 6.42 Å². The van der Waals surface area contributed by atoms with Crippen molar-refractivity contribution in [2.24, 2.45) is 0 Å². The van der Waals surface area contributed by atoms with E-state index in [1.165, 1.54) is 6.07 Å². The van der Waals surface area contributed by atoms with Crippen LogP contribution >= 0.6 is 0 Å². The number of carbonyl (C=O) groups excluding carboxylic acids is 2. The van der Waals surface area contributed by atoms with Crippen molar-refractivity contribution in [3.05, 3.63) is 124 Å². The van der Waals surface area contributed by atoms with Crippen LogP contribution in [0.3, 0.4) is 0 Å². The number of nitrogens with zero attached hydrogens (tertiary/aromatic N) is 6. The minimum absolute atomic E-state index is 0.0275. The second kappa shape index (κ2) is 11.4. The Bertz CT molecular complexity index is 2570. The van der Waals surface area contributed by atoms with Crippen molar-refractivity contribution in [1.82, 2.24) is 34.4 Å². The number of piperidine rings is 1. The van der Waals surface area contributed by atoms with Gasteiger partial charge in [-0.1, -0.05) is 30.3 Å². The fourth-order valence-corrected chi connectivity index (χ4v) is 7.46. The molecular weight excluding hydrogens is 639 g/mol. The second-order valence-electron chi connectivity index (χ2n) is 12.8. The molecule has 0 saturated carbocycles. The molecule has 2 saturated heterocycles. The maximum absolute atomic E-state index is 15.2. The molecule has 7 aromatic rings. The van der Waals surface area contributed by atoms with E-state index in [-0.39, 0.29) is 35.1 Å². The number of pyridine rings is 1. The Morgan fingerprint density at radius 3 is 2.68 bits per heavy atom. The smallest absolute Gasteiger partial charge is 0.292 e. The molecule has 3 N–H and O–H groups in total. The molecule has 6 heterocycles. The summed E-state index contributed by atoms with van der Waals surface area (Å²) in [5, 5.41) is 7.98. The molecule has 2 unspecified atom stereocenters. The third-order valence-electron chi connectivity index (χ3n) is 9.93. The van der Waals surface area contributed by atoms with Crippen LogP contribution in [0, 0.1) is 5.82 Å². The topological polar surface area (TPSA) is 156 Å². The van der Waals surface area contributed by atoms with Gasteiger partial charge in [0, 0.05) is 37.1 Å². The van der Waals surface area contributed by atoms with E-state index in [2.05, 4.69) is 20.2 Å². The Labute approximate surface area is 283 Å². The van der Waals surface area contributed by atoms with Crippen LogP contribution in [0.1, 0.15) is 44.9 Å². The minimum atomic E-state index is -0.612. The van der Waals surface area contributed by atoms with Gasteiger partial charge in [0.05, 0.1) is 28.9 Å². The van der Waals surface area contributed by atoms with Gasteiger partial charge >= 0.3 is 0 Å². The van der Waals surface area contributed by atoms with Gasteiger partial charge in [0.15, 0.2) is 5.58 Å². The summed E-state index contributed by atoms with van der Waals surface area (Å²) in [6.07, 6.45) is 4.94. The Kier molecular flexibility index (Phi) is 6.76. The molecular formula is C37H29FN8O4. The van der Waals surface area contributed by atoms with Crippen molar-refractivity contribution in [3.8, 4) is 11.1 Å². The number of hydrogen-bond acceptors (Lipinski definition) is 8. The molecule has 2 amide bonds. The first-order valence-corrected chi connectivity index (χ1v) is 16.3. The van der Waals surface area contributed by atoms with E-state index >= 15 is 4.39 Å². The summed E-state index contributed by atoms with van der Waals surface area (Å²) in [5.41, 5.74) is 10.7. The monoisotopic (exact) mass is 668 g/mol. The van der Waals surface area contributed by atoms with Gasteiger partial charge in [-0.2, -0.15) is 10.1 Å². The largest absolute Gasteiger partial charge is 0.424 e. The predicted molar refractivity (Wildman–Crippen MR) is 183 cm³/mol. The van der Waals surface area contributed by atoms with E-state index < -0.39 is 11.7 Å². The fourth-order valence-electron chi connectivity index (χ4n) is 7.46. The summed E-state index contributed by atoms with van der Waals surface area (Å²) >= 11 is 0. The summed E-state index contributed by atoms with van der Waals surface area (Å²) in [7, 11) is 0. The summed E-state index contributed by atoms with van der Waals surface area (Å²) in [6, 6.07) is 20.8.